The molecule has 7 nitrogen and oxygen atoms in total. The Morgan fingerprint density at radius 2 is 1.63 bits per heavy atom. The maximum atomic E-state index is 12.9. The minimum atomic E-state index is -1.80. The van der Waals surface area contributed by atoms with Crippen LogP contribution in [-0.2, 0) is 46.0 Å². The van der Waals surface area contributed by atoms with E-state index in [4.69, 9.17) is 13.7 Å². The van der Waals surface area contributed by atoms with E-state index in [2.05, 4.69) is 23.0 Å². The second kappa shape index (κ2) is 9.09. The van der Waals surface area contributed by atoms with Crippen molar-refractivity contribution in [3.63, 3.8) is 0 Å². The molecule has 2 unspecified atom stereocenters. The van der Waals surface area contributed by atoms with Gasteiger partial charge in [0, 0.05) is 5.69 Å². The summed E-state index contributed by atoms with van der Waals surface area (Å²) in [6, 6.07) is 3.59. The average Bonchev–Trinajstić information content (AvgIpc) is 3.54. The molecule has 1 aromatic carbocycles. The quantitative estimate of drug-likeness (QED) is 0.528. The SMILES string of the molecule is CC(CB1OC(C)(C)C(C)(C)O1)c1coc(S(=O)NC(=O)Nc2c3c(cc4c2CCC4)CCC3)c1. The summed E-state index contributed by atoms with van der Waals surface area (Å²) < 4.78 is 33.2. The molecule has 1 fully saturated rings. The van der Waals surface area contributed by atoms with E-state index in [1.165, 1.54) is 22.3 Å². The third-order valence-electron chi connectivity index (χ3n) is 8.09. The molecule has 1 aliphatic heterocycles. The van der Waals surface area contributed by atoms with Crippen molar-refractivity contribution in [3.8, 4) is 0 Å². The van der Waals surface area contributed by atoms with Crippen LogP contribution in [0.1, 0.15) is 81.2 Å². The molecular formula is C26H35BN2O5S. The van der Waals surface area contributed by atoms with Gasteiger partial charge in [0.25, 0.3) is 0 Å². The molecule has 1 aromatic heterocycles. The Bertz CT molecular complexity index is 1130. The number of aryl methyl sites for hydroxylation is 2. The van der Waals surface area contributed by atoms with Gasteiger partial charge in [0.05, 0.1) is 17.5 Å². The molecule has 2 atom stereocenters. The van der Waals surface area contributed by atoms with Crippen LogP contribution >= 0.6 is 0 Å². The highest BCUT2D eigenvalue weighted by atomic mass is 32.2. The first kappa shape index (κ1) is 24.6. The van der Waals surface area contributed by atoms with Crippen molar-refractivity contribution in [2.75, 3.05) is 5.32 Å². The molecule has 0 radical (unpaired) electrons. The first-order chi connectivity index (χ1) is 16.5. The second-order valence-electron chi connectivity index (χ2n) is 11.1. The van der Waals surface area contributed by atoms with Gasteiger partial charge < -0.3 is 19.0 Å². The van der Waals surface area contributed by atoms with Crippen molar-refractivity contribution >= 4 is 29.8 Å². The number of fused-ring (bicyclic) bond motifs is 2. The van der Waals surface area contributed by atoms with Crippen LogP contribution in [0.15, 0.2) is 27.9 Å². The molecule has 2 aromatic rings. The number of nitrogens with one attached hydrogen (secondary N) is 2. The van der Waals surface area contributed by atoms with Gasteiger partial charge >= 0.3 is 13.1 Å². The number of hydrogen-bond acceptors (Lipinski definition) is 5. The van der Waals surface area contributed by atoms with E-state index in [1.807, 2.05) is 27.7 Å². The molecule has 1 saturated heterocycles. The zero-order valence-electron chi connectivity index (χ0n) is 21.3. The van der Waals surface area contributed by atoms with Crippen LogP contribution in [0.3, 0.4) is 0 Å². The van der Waals surface area contributed by atoms with Crippen molar-refractivity contribution in [3.05, 3.63) is 46.2 Å². The fraction of sp³-hybridized carbons (Fsp3) is 0.577. The Labute approximate surface area is 210 Å². The number of rotatable bonds is 6. The smallest absolute Gasteiger partial charge is 0.453 e. The van der Waals surface area contributed by atoms with Gasteiger partial charge in [-0.3, -0.25) is 0 Å². The summed E-state index contributed by atoms with van der Waals surface area (Å²) in [6.07, 6.45) is 8.54. The number of amides is 2. The Morgan fingerprint density at radius 3 is 2.23 bits per heavy atom. The van der Waals surface area contributed by atoms with Crippen molar-refractivity contribution in [2.45, 2.75) is 102 Å². The largest absolute Gasteiger partial charge is 0.458 e. The van der Waals surface area contributed by atoms with Gasteiger partial charge in [0.2, 0.25) is 5.09 Å². The zero-order valence-corrected chi connectivity index (χ0v) is 22.1. The Morgan fingerprint density at radius 1 is 1.03 bits per heavy atom. The summed E-state index contributed by atoms with van der Waals surface area (Å²) in [4.78, 5) is 12.8. The van der Waals surface area contributed by atoms with Crippen LogP contribution in [-0.4, -0.2) is 28.6 Å². The predicted octanol–water partition coefficient (Wildman–Crippen LogP) is 5.30. The summed E-state index contributed by atoms with van der Waals surface area (Å²) in [5, 5.41) is 3.24. The summed E-state index contributed by atoms with van der Waals surface area (Å²) in [5.74, 6) is 0.0718. The Kier molecular flexibility index (Phi) is 6.39. The number of benzene rings is 1. The number of carbonyl (C=O) groups is 1. The molecule has 3 aliphatic rings. The standard InChI is InChI=1S/C26H35BN2O5S/c1-16(14-27-33-25(2,3)26(4,5)34-27)19-13-22(32-15-19)35(31)29-24(30)28-23-20-10-6-8-17(20)12-18-9-7-11-21(18)23/h12-13,15-16H,6-11,14H2,1-5H3,(H2,28,29,30). The van der Waals surface area contributed by atoms with Crippen molar-refractivity contribution < 1.29 is 22.7 Å². The molecule has 2 heterocycles. The fourth-order valence-corrected chi connectivity index (χ4v) is 6.11. The molecule has 5 rings (SSSR count). The third kappa shape index (κ3) is 4.70. The molecule has 2 aliphatic carbocycles. The lowest BCUT2D eigenvalue weighted by molar-refractivity contribution is 0.00578. The van der Waals surface area contributed by atoms with Crippen molar-refractivity contribution in [1.82, 2.24) is 4.72 Å². The highest BCUT2D eigenvalue weighted by molar-refractivity contribution is 7.83. The zero-order chi connectivity index (χ0) is 25.0. The van der Waals surface area contributed by atoms with Crippen LogP contribution in [0.25, 0.3) is 0 Å². The lowest BCUT2D eigenvalue weighted by Gasteiger charge is -2.32. The minimum absolute atomic E-state index is 0.0718. The van der Waals surface area contributed by atoms with Gasteiger partial charge in [0.1, 0.15) is 0 Å². The van der Waals surface area contributed by atoms with Crippen molar-refractivity contribution in [2.24, 2.45) is 0 Å². The van der Waals surface area contributed by atoms with Crippen LogP contribution in [0.5, 0.6) is 0 Å². The first-order valence-corrected chi connectivity index (χ1v) is 13.8. The summed E-state index contributed by atoms with van der Waals surface area (Å²) in [5.41, 5.74) is 6.23. The van der Waals surface area contributed by atoms with Gasteiger partial charge in [-0.15, -0.1) is 0 Å². The van der Waals surface area contributed by atoms with E-state index in [0.29, 0.717) is 6.32 Å². The van der Waals surface area contributed by atoms with Crippen molar-refractivity contribution in [1.29, 1.82) is 0 Å². The monoisotopic (exact) mass is 498 g/mol. The Hall–Kier alpha value is -2.10. The van der Waals surface area contributed by atoms with Crippen LogP contribution in [0, 0.1) is 0 Å². The highest BCUT2D eigenvalue weighted by Gasteiger charge is 2.51. The van der Waals surface area contributed by atoms with E-state index in [-0.39, 0.29) is 29.3 Å². The van der Waals surface area contributed by atoms with E-state index >= 15 is 0 Å². The molecule has 2 N–H and O–H groups in total. The van der Waals surface area contributed by atoms with E-state index in [0.717, 1.165) is 49.8 Å². The third-order valence-corrected chi connectivity index (χ3v) is 9.04. The van der Waals surface area contributed by atoms with Crippen LogP contribution < -0.4 is 10.0 Å². The molecule has 2 amide bonds. The summed E-state index contributed by atoms with van der Waals surface area (Å²) in [6.45, 7) is 10.2. The molecule has 0 saturated carbocycles. The number of urea groups is 1. The number of hydrogen-bond donors (Lipinski definition) is 2. The van der Waals surface area contributed by atoms with Gasteiger partial charge in [0.15, 0.2) is 11.0 Å². The summed E-state index contributed by atoms with van der Waals surface area (Å²) in [7, 11) is -2.12. The average molecular weight is 498 g/mol. The van der Waals surface area contributed by atoms with Gasteiger partial charge in [-0.25, -0.2) is 13.7 Å². The molecular weight excluding hydrogens is 463 g/mol. The molecule has 188 valence electrons. The normalized spacial score (nSPS) is 21.5. The van der Waals surface area contributed by atoms with Crippen LogP contribution in [0.2, 0.25) is 6.32 Å². The van der Waals surface area contributed by atoms with E-state index in [1.54, 1.807) is 12.3 Å². The van der Waals surface area contributed by atoms with E-state index < -0.39 is 17.0 Å². The first-order valence-electron chi connectivity index (χ1n) is 12.6. The maximum Gasteiger partial charge on any atom is 0.458 e. The number of carbonyl (C=O) groups excluding carboxylic acids is 1. The molecule has 0 spiro atoms. The number of furan rings is 1. The van der Waals surface area contributed by atoms with E-state index in [9.17, 15) is 9.00 Å². The van der Waals surface area contributed by atoms with Gasteiger partial charge in [-0.1, -0.05) is 13.0 Å². The van der Waals surface area contributed by atoms with Crippen LogP contribution in [0.4, 0.5) is 10.5 Å². The lowest BCUT2D eigenvalue weighted by atomic mass is 9.76. The maximum absolute atomic E-state index is 12.9. The molecule has 9 heteroatoms. The van der Waals surface area contributed by atoms with Gasteiger partial charge in [-0.2, -0.15) is 0 Å². The molecule has 35 heavy (non-hydrogen) atoms. The second-order valence-corrected chi connectivity index (χ2v) is 12.2. The predicted molar refractivity (Wildman–Crippen MR) is 137 cm³/mol. The topological polar surface area (TPSA) is 89.8 Å². The Balaban J connectivity index is 1.21. The highest BCUT2D eigenvalue weighted by Crippen LogP contribution is 2.40. The molecule has 0 bridgehead atoms. The van der Waals surface area contributed by atoms with Gasteiger partial charge in [-0.05, 0) is 112 Å². The fourth-order valence-electron chi connectivity index (χ4n) is 5.41. The lowest BCUT2D eigenvalue weighted by Crippen LogP contribution is -2.41. The number of anilines is 1. The summed E-state index contributed by atoms with van der Waals surface area (Å²) >= 11 is 0. The minimum Gasteiger partial charge on any atom is -0.453 e.